The van der Waals surface area contributed by atoms with Gasteiger partial charge < -0.3 is 4.98 Å². The minimum atomic E-state index is 0.906. The van der Waals surface area contributed by atoms with Gasteiger partial charge in [-0.15, -0.1) is 0 Å². The number of halogens is 1. The summed E-state index contributed by atoms with van der Waals surface area (Å²) in [6.07, 6.45) is 0.935. The van der Waals surface area contributed by atoms with Crippen molar-refractivity contribution in [2.24, 2.45) is 0 Å². The highest BCUT2D eigenvalue weighted by Crippen LogP contribution is 2.40. The van der Waals surface area contributed by atoms with Gasteiger partial charge in [0.15, 0.2) is 0 Å². The molecule has 3 aromatic carbocycles. The normalized spacial score (nSPS) is 12.0. The van der Waals surface area contributed by atoms with Crippen LogP contribution in [-0.2, 0) is 6.42 Å². The summed E-state index contributed by atoms with van der Waals surface area (Å²) in [5, 5.41) is 0. The van der Waals surface area contributed by atoms with Crippen molar-refractivity contribution < 1.29 is 0 Å². The average Bonchev–Trinajstić information content (AvgIpc) is 3.03. The molecule has 0 unspecified atom stereocenters. The Morgan fingerprint density at radius 2 is 1.40 bits per heavy atom. The molecule has 0 fully saturated rings. The van der Waals surface area contributed by atoms with E-state index in [1.165, 1.54) is 22.3 Å². The Labute approximate surface area is 154 Å². The van der Waals surface area contributed by atoms with E-state index in [0.29, 0.717) is 0 Å². The Balaban J connectivity index is 1.79. The van der Waals surface area contributed by atoms with Crippen molar-refractivity contribution in [1.82, 2.24) is 9.97 Å². The molecule has 1 aromatic heterocycles. The van der Waals surface area contributed by atoms with E-state index in [2.05, 4.69) is 81.6 Å². The number of H-pyrrole nitrogens is 1. The van der Waals surface area contributed by atoms with E-state index in [1.807, 2.05) is 12.1 Å². The number of nitrogens with zero attached hydrogens (tertiary/aromatic N) is 1. The van der Waals surface area contributed by atoms with Crippen LogP contribution in [0.4, 0.5) is 0 Å². The Morgan fingerprint density at radius 3 is 2.16 bits per heavy atom. The van der Waals surface area contributed by atoms with Gasteiger partial charge in [0, 0.05) is 21.2 Å². The van der Waals surface area contributed by atoms with Gasteiger partial charge in [-0.1, -0.05) is 76.6 Å². The van der Waals surface area contributed by atoms with Gasteiger partial charge in [-0.2, -0.15) is 0 Å². The largest absolute Gasteiger partial charge is 0.337 e. The van der Waals surface area contributed by atoms with Crippen molar-refractivity contribution in [3.63, 3.8) is 0 Å². The number of rotatable bonds is 1. The molecule has 2 nitrogen and oxygen atoms in total. The summed E-state index contributed by atoms with van der Waals surface area (Å²) in [4.78, 5) is 8.56. The van der Waals surface area contributed by atoms with Gasteiger partial charge in [-0.3, -0.25) is 0 Å². The van der Waals surface area contributed by atoms with Gasteiger partial charge in [0.1, 0.15) is 5.82 Å². The Hall–Kier alpha value is -2.65. The van der Waals surface area contributed by atoms with Crippen LogP contribution in [0.2, 0.25) is 0 Å². The number of hydrogen-bond donors (Lipinski definition) is 1. The number of aromatic amines is 1. The predicted molar refractivity (Wildman–Crippen MR) is 105 cm³/mol. The van der Waals surface area contributed by atoms with Gasteiger partial charge in [0.05, 0.1) is 11.4 Å². The minimum absolute atomic E-state index is 0.906. The molecule has 0 spiro atoms. The molecule has 0 radical (unpaired) electrons. The fourth-order valence-corrected chi connectivity index (χ4v) is 3.80. The second kappa shape index (κ2) is 5.71. The molecule has 0 amide bonds. The van der Waals surface area contributed by atoms with Crippen molar-refractivity contribution in [1.29, 1.82) is 0 Å². The van der Waals surface area contributed by atoms with Crippen LogP contribution in [0.1, 0.15) is 11.1 Å². The first-order valence-corrected chi connectivity index (χ1v) is 9.11. The third-order valence-electron chi connectivity index (χ3n) is 4.76. The first-order valence-electron chi connectivity index (χ1n) is 8.32. The highest BCUT2D eigenvalue weighted by atomic mass is 79.9. The maximum Gasteiger partial charge on any atom is 0.138 e. The van der Waals surface area contributed by atoms with Crippen LogP contribution in [0.25, 0.3) is 33.9 Å². The molecule has 4 aromatic rings. The molecule has 1 aliphatic rings. The average molecular weight is 387 g/mol. The fourth-order valence-electron chi connectivity index (χ4n) is 3.54. The Bertz CT molecular complexity index is 1010. The molecule has 0 aliphatic heterocycles. The summed E-state index contributed by atoms with van der Waals surface area (Å²) < 4.78 is 1.07. The lowest BCUT2D eigenvalue weighted by atomic mass is 10.00. The summed E-state index contributed by atoms with van der Waals surface area (Å²) >= 11 is 3.50. The number of imidazole rings is 1. The highest BCUT2D eigenvalue weighted by Gasteiger charge is 2.22. The zero-order chi connectivity index (χ0) is 16.8. The van der Waals surface area contributed by atoms with Gasteiger partial charge in [0.25, 0.3) is 0 Å². The summed E-state index contributed by atoms with van der Waals surface area (Å²) in [5.41, 5.74) is 8.35. The van der Waals surface area contributed by atoms with Crippen LogP contribution in [0.5, 0.6) is 0 Å². The van der Waals surface area contributed by atoms with Crippen LogP contribution in [0.15, 0.2) is 77.3 Å². The first kappa shape index (κ1) is 14.7. The van der Waals surface area contributed by atoms with Crippen molar-refractivity contribution in [2.45, 2.75) is 6.42 Å². The van der Waals surface area contributed by atoms with Gasteiger partial charge >= 0.3 is 0 Å². The van der Waals surface area contributed by atoms with E-state index >= 15 is 0 Å². The maximum absolute atomic E-state index is 4.98. The van der Waals surface area contributed by atoms with Crippen LogP contribution in [0.3, 0.4) is 0 Å². The van der Waals surface area contributed by atoms with Crippen molar-refractivity contribution >= 4 is 15.9 Å². The molecule has 0 bridgehead atoms. The molecule has 25 heavy (non-hydrogen) atoms. The van der Waals surface area contributed by atoms with Crippen molar-refractivity contribution in [3.05, 3.63) is 88.4 Å². The standard InChI is InChI=1S/C22H15BrN2/c23-17-11-9-14(10-12-17)22-24-20-18-7-3-1-5-15(18)13-16-6-2-4-8-19(16)21(20)25-22/h1-12H,13H2,(H,24,25). The van der Waals surface area contributed by atoms with Crippen molar-refractivity contribution in [2.75, 3.05) is 0 Å². The van der Waals surface area contributed by atoms with Crippen LogP contribution < -0.4 is 0 Å². The molecule has 0 atom stereocenters. The monoisotopic (exact) mass is 386 g/mol. The zero-order valence-corrected chi connectivity index (χ0v) is 15.0. The first-order chi connectivity index (χ1) is 12.3. The summed E-state index contributed by atoms with van der Waals surface area (Å²) in [6, 6.07) is 25.4. The van der Waals surface area contributed by atoms with Gasteiger partial charge in [-0.05, 0) is 29.7 Å². The topological polar surface area (TPSA) is 28.7 Å². The molecule has 1 N–H and O–H groups in total. The summed E-state index contributed by atoms with van der Waals surface area (Å²) in [5.74, 6) is 0.906. The zero-order valence-electron chi connectivity index (χ0n) is 13.5. The second-order valence-corrected chi connectivity index (χ2v) is 7.22. The molecule has 5 rings (SSSR count). The summed E-state index contributed by atoms with van der Waals surface area (Å²) in [7, 11) is 0. The third-order valence-corrected chi connectivity index (χ3v) is 5.29. The Morgan fingerprint density at radius 1 is 0.760 bits per heavy atom. The quantitative estimate of drug-likeness (QED) is 0.371. The third kappa shape index (κ3) is 2.43. The summed E-state index contributed by atoms with van der Waals surface area (Å²) in [6.45, 7) is 0. The van der Waals surface area contributed by atoms with E-state index in [4.69, 9.17) is 4.98 Å². The number of nitrogens with one attached hydrogen (secondary N) is 1. The molecule has 1 aliphatic carbocycles. The van der Waals surface area contributed by atoms with E-state index < -0.39 is 0 Å². The van der Waals surface area contributed by atoms with Crippen LogP contribution >= 0.6 is 15.9 Å². The lowest BCUT2D eigenvalue weighted by Crippen LogP contribution is -1.91. The molecular formula is C22H15BrN2. The number of fused-ring (bicyclic) bond motifs is 5. The lowest BCUT2D eigenvalue weighted by molar-refractivity contribution is 1.19. The fraction of sp³-hybridized carbons (Fsp3) is 0.0455. The smallest absolute Gasteiger partial charge is 0.138 e. The number of aromatic nitrogens is 2. The van der Waals surface area contributed by atoms with E-state index in [-0.39, 0.29) is 0 Å². The van der Waals surface area contributed by atoms with E-state index in [9.17, 15) is 0 Å². The predicted octanol–water partition coefficient (Wildman–Crippen LogP) is 6.08. The maximum atomic E-state index is 4.98. The Kier molecular flexibility index (Phi) is 3.35. The highest BCUT2D eigenvalue weighted by molar-refractivity contribution is 9.10. The molecule has 120 valence electrons. The number of benzene rings is 3. The van der Waals surface area contributed by atoms with Crippen LogP contribution in [0, 0.1) is 0 Å². The molecule has 0 saturated heterocycles. The molecule has 1 heterocycles. The number of hydrogen-bond acceptors (Lipinski definition) is 1. The SMILES string of the molecule is Brc1ccc(-c2nc3c([nH]2)-c2ccccc2Cc2ccccc2-3)cc1. The van der Waals surface area contributed by atoms with E-state index in [1.54, 1.807) is 0 Å². The van der Waals surface area contributed by atoms with Crippen LogP contribution in [-0.4, -0.2) is 9.97 Å². The van der Waals surface area contributed by atoms with Gasteiger partial charge in [0.2, 0.25) is 0 Å². The molecule has 0 saturated carbocycles. The second-order valence-electron chi connectivity index (χ2n) is 6.31. The minimum Gasteiger partial charge on any atom is -0.337 e. The van der Waals surface area contributed by atoms with Crippen molar-refractivity contribution in [3.8, 4) is 33.9 Å². The van der Waals surface area contributed by atoms with Gasteiger partial charge in [-0.25, -0.2) is 4.98 Å². The lowest BCUT2D eigenvalue weighted by Gasteiger charge is -2.06. The van der Waals surface area contributed by atoms with E-state index in [0.717, 1.165) is 33.7 Å². The molecule has 3 heteroatoms. The molecular weight excluding hydrogens is 372 g/mol.